The van der Waals surface area contributed by atoms with Crippen molar-refractivity contribution in [2.24, 2.45) is 0 Å². The molecule has 0 saturated heterocycles. The maximum absolute atomic E-state index is 12.3. The number of amides is 2. The van der Waals surface area contributed by atoms with Crippen LogP contribution in [0.2, 0.25) is 0 Å². The van der Waals surface area contributed by atoms with Crippen molar-refractivity contribution in [3.05, 3.63) is 76.4 Å². The standard InChI is InChI=1S/C20H18N2O5S/c1-13(18(23)21-12-16-7-3-9-26-16)27-20(25)14-5-2-6-15(11-14)22-19(24)17-8-4-10-28-17/h2-11,13H,12H2,1H3,(H,21,23)(H,22,24)/t13-/m1/s1. The zero-order valence-electron chi connectivity index (χ0n) is 15.0. The Hall–Kier alpha value is -3.39. The molecular formula is C20H18N2O5S. The molecule has 0 fully saturated rings. The predicted molar refractivity (Wildman–Crippen MR) is 104 cm³/mol. The molecule has 3 rings (SSSR count). The van der Waals surface area contributed by atoms with Gasteiger partial charge in [0.05, 0.1) is 23.2 Å². The van der Waals surface area contributed by atoms with Crippen LogP contribution in [0.25, 0.3) is 0 Å². The summed E-state index contributed by atoms with van der Waals surface area (Å²) < 4.78 is 10.3. The van der Waals surface area contributed by atoms with Crippen molar-refractivity contribution in [2.45, 2.75) is 19.6 Å². The number of anilines is 1. The van der Waals surface area contributed by atoms with Gasteiger partial charge in [0.2, 0.25) is 0 Å². The number of benzene rings is 1. The average molecular weight is 398 g/mol. The van der Waals surface area contributed by atoms with Crippen molar-refractivity contribution < 1.29 is 23.5 Å². The fourth-order valence-electron chi connectivity index (χ4n) is 2.34. The van der Waals surface area contributed by atoms with E-state index in [0.717, 1.165) is 0 Å². The number of furan rings is 1. The molecule has 1 atom stereocenters. The summed E-state index contributed by atoms with van der Waals surface area (Å²) in [7, 11) is 0. The van der Waals surface area contributed by atoms with E-state index in [1.165, 1.54) is 30.6 Å². The molecular weight excluding hydrogens is 380 g/mol. The van der Waals surface area contributed by atoms with Gasteiger partial charge in [0.15, 0.2) is 6.10 Å². The van der Waals surface area contributed by atoms with Gasteiger partial charge in [-0.05, 0) is 48.7 Å². The van der Waals surface area contributed by atoms with Crippen LogP contribution in [0, 0.1) is 0 Å². The van der Waals surface area contributed by atoms with E-state index >= 15 is 0 Å². The third-order valence-corrected chi connectivity index (χ3v) is 4.64. The number of carbonyl (C=O) groups is 3. The largest absolute Gasteiger partial charge is 0.467 e. The summed E-state index contributed by atoms with van der Waals surface area (Å²) in [6, 6.07) is 13.3. The Morgan fingerprint density at radius 3 is 2.71 bits per heavy atom. The van der Waals surface area contributed by atoms with E-state index in [2.05, 4.69) is 10.6 Å². The number of nitrogens with one attached hydrogen (secondary N) is 2. The number of hydrogen-bond acceptors (Lipinski definition) is 6. The summed E-state index contributed by atoms with van der Waals surface area (Å²) in [5.41, 5.74) is 0.692. The fraction of sp³-hybridized carbons (Fsp3) is 0.150. The lowest BCUT2D eigenvalue weighted by atomic mass is 10.2. The molecule has 1 aromatic carbocycles. The van der Waals surface area contributed by atoms with E-state index in [1.807, 2.05) is 0 Å². The van der Waals surface area contributed by atoms with E-state index < -0.39 is 18.0 Å². The van der Waals surface area contributed by atoms with E-state index in [1.54, 1.807) is 47.8 Å². The van der Waals surface area contributed by atoms with Crippen LogP contribution < -0.4 is 10.6 Å². The second-order valence-corrected chi connectivity index (χ2v) is 6.80. The SMILES string of the molecule is C[C@@H](OC(=O)c1cccc(NC(=O)c2cccs2)c1)C(=O)NCc1ccco1. The second kappa shape index (κ2) is 9.01. The van der Waals surface area contributed by atoms with Crippen molar-refractivity contribution >= 4 is 34.8 Å². The maximum atomic E-state index is 12.3. The van der Waals surface area contributed by atoms with Gasteiger partial charge >= 0.3 is 5.97 Å². The van der Waals surface area contributed by atoms with E-state index in [-0.39, 0.29) is 18.0 Å². The third-order valence-electron chi connectivity index (χ3n) is 3.77. The summed E-state index contributed by atoms with van der Waals surface area (Å²) >= 11 is 1.32. The molecule has 0 unspecified atom stereocenters. The molecule has 3 aromatic rings. The minimum Gasteiger partial charge on any atom is -0.467 e. The van der Waals surface area contributed by atoms with Gasteiger partial charge in [-0.15, -0.1) is 11.3 Å². The Morgan fingerprint density at radius 1 is 1.14 bits per heavy atom. The fourth-order valence-corrected chi connectivity index (χ4v) is 2.96. The number of carbonyl (C=O) groups excluding carboxylic acids is 3. The molecule has 0 bridgehead atoms. The van der Waals surface area contributed by atoms with E-state index in [9.17, 15) is 14.4 Å². The monoisotopic (exact) mass is 398 g/mol. The molecule has 0 aliphatic heterocycles. The van der Waals surface area contributed by atoms with Crippen LogP contribution in [0.4, 0.5) is 5.69 Å². The first-order valence-electron chi connectivity index (χ1n) is 8.49. The molecule has 0 aliphatic rings. The highest BCUT2D eigenvalue weighted by molar-refractivity contribution is 7.12. The minimum absolute atomic E-state index is 0.206. The number of ether oxygens (including phenoxy) is 1. The van der Waals surface area contributed by atoms with Gasteiger partial charge < -0.3 is 19.8 Å². The smallest absolute Gasteiger partial charge is 0.338 e. The van der Waals surface area contributed by atoms with Gasteiger partial charge in [0.1, 0.15) is 5.76 Å². The average Bonchev–Trinajstić information content (AvgIpc) is 3.40. The molecule has 28 heavy (non-hydrogen) atoms. The molecule has 144 valence electrons. The van der Waals surface area contributed by atoms with Crippen molar-refractivity contribution in [3.8, 4) is 0 Å². The summed E-state index contributed by atoms with van der Waals surface area (Å²) in [5.74, 6) is -0.757. The number of esters is 1. The molecule has 8 heteroatoms. The Labute approximate surface area is 165 Å². The second-order valence-electron chi connectivity index (χ2n) is 5.86. The van der Waals surface area contributed by atoms with Gasteiger partial charge in [0, 0.05) is 5.69 Å². The lowest BCUT2D eigenvalue weighted by Crippen LogP contribution is -2.35. The zero-order valence-corrected chi connectivity index (χ0v) is 15.8. The normalized spacial score (nSPS) is 11.5. The van der Waals surface area contributed by atoms with Crippen LogP contribution >= 0.6 is 11.3 Å². The number of rotatable bonds is 7. The third kappa shape index (κ3) is 5.08. The van der Waals surface area contributed by atoms with Crippen molar-refractivity contribution in [1.82, 2.24) is 5.32 Å². The Bertz CT molecular complexity index is 951. The Kier molecular flexibility index (Phi) is 6.23. The quantitative estimate of drug-likeness (QED) is 0.594. The van der Waals surface area contributed by atoms with E-state index in [4.69, 9.17) is 9.15 Å². The number of hydrogen-bond donors (Lipinski definition) is 2. The highest BCUT2D eigenvalue weighted by Crippen LogP contribution is 2.16. The lowest BCUT2D eigenvalue weighted by Gasteiger charge is -2.13. The predicted octanol–water partition coefficient (Wildman–Crippen LogP) is 3.46. The summed E-state index contributed by atoms with van der Waals surface area (Å²) in [6.45, 7) is 1.69. The maximum Gasteiger partial charge on any atom is 0.338 e. The molecule has 7 nitrogen and oxygen atoms in total. The lowest BCUT2D eigenvalue weighted by molar-refractivity contribution is -0.129. The molecule has 0 spiro atoms. The van der Waals surface area contributed by atoms with Crippen LogP contribution in [0.5, 0.6) is 0 Å². The van der Waals surface area contributed by atoms with Crippen molar-refractivity contribution in [1.29, 1.82) is 0 Å². The first-order valence-corrected chi connectivity index (χ1v) is 9.37. The minimum atomic E-state index is -0.980. The van der Waals surface area contributed by atoms with Crippen LogP contribution in [-0.4, -0.2) is 23.9 Å². The van der Waals surface area contributed by atoms with Gasteiger partial charge in [-0.1, -0.05) is 12.1 Å². The topological polar surface area (TPSA) is 97.6 Å². The molecule has 2 amide bonds. The van der Waals surface area contributed by atoms with Crippen LogP contribution in [0.15, 0.2) is 64.6 Å². The first kappa shape index (κ1) is 19.4. The first-order chi connectivity index (χ1) is 13.5. The molecule has 0 saturated carbocycles. The van der Waals surface area contributed by atoms with Gasteiger partial charge in [-0.2, -0.15) is 0 Å². The van der Waals surface area contributed by atoms with Crippen molar-refractivity contribution in [3.63, 3.8) is 0 Å². The summed E-state index contributed by atoms with van der Waals surface area (Å²) in [4.78, 5) is 37.1. The van der Waals surface area contributed by atoms with Gasteiger partial charge in [0.25, 0.3) is 11.8 Å². The van der Waals surface area contributed by atoms with Gasteiger partial charge in [-0.3, -0.25) is 9.59 Å². The van der Waals surface area contributed by atoms with Gasteiger partial charge in [-0.25, -0.2) is 4.79 Å². The molecule has 0 radical (unpaired) electrons. The molecule has 0 aliphatic carbocycles. The highest BCUT2D eigenvalue weighted by Gasteiger charge is 2.19. The molecule has 2 aromatic heterocycles. The highest BCUT2D eigenvalue weighted by atomic mass is 32.1. The summed E-state index contributed by atoms with van der Waals surface area (Å²) in [6.07, 6.45) is 0.529. The summed E-state index contributed by atoms with van der Waals surface area (Å²) in [5, 5.41) is 7.16. The molecule has 2 heterocycles. The Morgan fingerprint density at radius 2 is 2.00 bits per heavy atom. The van der Waals surface area contributed by atoms with Crippen LogP contribution in [0.1, 0.15) is 32.7 Å². The zero-order chi connectivity index (χ0) is 19.9. The van der Waals surface area contributed by atoms with Crippen molar-refractivity contribution in [2.75, 3.05) is 5.32 Å². The number of thiophene rings is 1. The van der Waals surface area contributed by atoms with E-state index in [0.29, 0.717) is 16.3 Å². The molecule has 2 N–H and O–H groups in total. The van der Waals surface area contributed by atoms with Crippen LogP contribution in [0.3, 0.4) is 0 Å². The van der Waals surface area contributed by atoms with Crippen LogP contribution in [-0.2, 0) is 16.1 Å². The Balaban J connectivity index is 1.56.